The lowest BCUT2D eigenvalue weighted by molar-refractivity contribution is 0.104. The highest BCUT2D eigenvalue weighted by Gasteiger charge is 2.17. The molecule has 0 aliphatic rings. The Kier molecular flexibility index (Phi) is 4.16. The molecule has 0 bridgehead atoms. The van der Waals surface area contributed by atoms with Gasteiger partial charge < -0.3 is 0 Å². The van der Waals surface area contributed by atoms with E-state index in [0.717, 1.165) is 19.7 Å². The van der Waals surface area contributed by atoms with Gasteiger partial charge in [0.2, 0.25) is 0 Å². The molecule has 3 aromatic rings. The number of hydrogen-bond acceptors (Lipinski definition) is 1. The number of hydrogen-bond donors (Lipinski definition) is 0. The summed E-state index contributed by atoms with van der Waals surface area (Å²) in [5, 5.41) is 2.36. The molecular weight excluding hydrogens is 415 g/mol. The summed E-state index contributed by atoms with van der Waals surface area (Å²) < 4.78 is 1.69. The maximum atomic E-state index is 12.8. The van der Waals surface area contributed by atoms with Gasteiger partial charge in [0.15, 0.2) is 5.78 Å². The van der Waals surface area contributed by atoms with Crippen molar-refractivity contribution in [2.24, 2.45) is 0 Å². The lowest BCUT2D eigenvalue weighted by atomic mass is 9.97. The molecule has 3 aromatic carbocycles. The monoisotopic (exact) mass is 422 g/mol. The minimum absolute atomic E-state index is 0.0787. The number of carbonyl (C=O) groups excluding carboxylic acids is 1. The molecule has 104 valence electrons. The molecule has 0 saturated heterocycles. The van der Waals surface area contributed by atoms with E-state index < -0.39 is 0 Å². The van der Waals surface area contributed by atoms with Crippen LogP contribution in [0.25, 0.3) is 10.8 Å². The van der Waals surface area contributed by atoms with Gasteiger partial charge in [0, 0.05) is 20.1 Å². The highest BCUT2D eigenvalue weighted by Crippen LogP contribution is 2.32. The van der Waals surface area contributed by atoms with Crippen LogP contribution in [0, 0.1) is 0 Å². The van der Waals surface area contributed by atoms with E-state index in [1.54, 1.807) is 6.07 Å². The Bertz CT molecular complexity index is 859. The van der Waals surface area contributed by atoms with Gasteiger partial charge in [-0.3, -0.25) is 4.79 Å². The van der Waals surface area contributed by atoms with E-state index >= 15 is 0 Å². The predicted octanol–water partition coefficient (Wildman–Crippen LogP) is 6.25. The standard InChI is InChI=1S/C17H9Br2ClO/c18-14-9-8-12(10-4-1-2-5-11(10)14)17(21)13-6-3-7-15(19)16(13)20/h1-9H. The molecule has 0 spiro atoms. The summed E-state index contributed by atoms with van der Waals surface area (Å²) >= 11 is 13.1. The van der Waals surface area contributed by atoms with Gasteiger partial charge in [-0.2, -0.15) is 0 Å². The van der Waals surface area contributed by atoms with Crippen molar-refractivity contribution in [3.8, 4) is 0 Å². The number of halogens is 3. The van der Waals surface area contributed by atoms with Crippen LogP contribution in [0.5, 0.6) is 0 Å². The van der Waals surface area contributed by atoms with Gasteiger partial charge in [0.25, 0.3) is 0 Å². The zero-order valence-corrected chi connectivity index (χ0v) is 14.7. The van der Waals surface area contributed by atoms with E-state index in [9.17, 15) is 4.79 Å². The molecule has 0 unspecified atom stereocenters. The maximum absolute atomic E-state index is 12.8. The normalized spacial score (nSPS) is 10.8. The van der Waals surface area contributed by atoms with Gasteiger partial charge in [-0.1, -0.05) is 57.9 Å². The largest absolute Gasteiger partial charge is 0.289 e. The van der Waals surface area contributed by atoms with E-state index in [-0.39, 0.29) is 5.78 Å². The fourth-order valence-corrected chi connectivity index (χ4v) is 3.34. The fourth-order valence-electron chi connectivity index (χ4n) is 2.28. The Morgan fingerprint density at radius 2 is 1.48 bits per heavy atom. The van der Waals surface area contributed by atoms with E-state index in [2.05, 4.69) is 31.9 Å². The van der Waals surface area contributed by atoms with E-state index in [1.165, 1.54) is 0 Å². The molecule has 0 amide bonds. The average Bonchev–Trinajstić information content (AvgIpc) is 2.50. The van der Waals surface area contributed by atoms with E-state index in [0.29, 0.717) is 16.1 Å². The SMILES string of the molecule is O=C(c1cccc(Br)c1Cl)c1ccc(Br)c2ccccc12. The van der Waals surface area contributed by atoms with Crippen molar-refractivity contribution in [1.82, 2.24) is 0 Å². The minimum atomic E-state index is -0.0787. The van der Waals surface area contributed by atoms with Gasteiger partial charge >= 0.3 is 0 Å². The molecule has 0 aliphatic carbocycles. The number of rotatable bonds is 2. The van der Waals surface area contributed by atoms with E-state index in [4.69, 9.17) is 11.6 Å². The Hall–Kier alpha value is -1.16. The first kappa shape index (κ1) is 14.8. The first-order chi connectivity index (χ1) is 10.1. The predicted molar refractivity (Wildman–Crippen MR) is 94.2 cm³/mol. The Labute approximate surface area is 144 Å². The molecule has 0 aliphatic heterocycles. The third kappa shape index (κ3) is 2.66. The Morgan fingerprint density at radius 1 is 0.762 bits per heavy atom. The third-order valence-electron chi connectivity index (χ3n) is 3.31. The maximum Gasteiger partial charge on any atom is 0.195 e. The lowest BCUT2D eigenvalue weighted by Gasteiger charge is -2.09. The van der Waals surface area contributed by atoms with Crippen LogP contribution in [0.3, 0.4) is 0 Å². The van der Waals surface area contributed by atoms with Crippen molar-refractivity contribution in [2.75, 3.05) is 0 Å². The first-order valence-corrected chi connectivity index (χ1v) is 8.22. The van der Waals surface area contributed by atoms with Crippen LogP contribution in [0.15, 0.2) is 63.5 Å². The molecule has 0 heterocycles. The number of fused-ring (bicyclic) bond motifs is 1. The molecule has 4 heteroatoms. The molecule has 0 atom stereocenters. The van der Waals surface area contributed by atoms with Crippen molar-refractivity contribution in [1.29, 1.82) is 0 Å². The summed E-state index contributed by atoms with van der Waals surface area (Å²) in [6.07, 6.45) is 0. The fraction of sp³-hybridized carbons (Fsp3) is 0. The Morgan fingerprint density at radius 3 is 2.24 bits per heavy atom. The molecule has 1 nitrogen and oxygen atoms in total. The van der Waals surface area contributed by atoms with Crippen LogP contribution in [0.4, 0.5) is 0 Å². The molecule has 3 rings (SSSR count). The van der Waals surface area contributed by atoms with Crippen LogP contribution >= 0.6 is 43.5 Å². The third-order valence-corrected chi connectivity index (χ3v) is 5.30. The van der Waals surface area contributed by atoms with E-state index in [1.807, 2.05) is 48.5 Å². The summed E-state index contributed by atoms with van der Waals surface area (Å²) in [6.45, 7) is 0. The van der Waals surface area contributed by atoms with Crippen molar-refractivity contribution in [3.05, 3.63) is 79.7 Å². The van der Waals surface area contributed by atoms with Crippen LogP contribution in [-0.4, -0.2) is 5.78 Å². The number of carbonyl (C=O) groups is 1. The molecule has 0 N–H and O–H groups in total. The summed E-state index contributed by atoms with van der Waals surface area (Å²) in [4.78, 5) is 12.8. The zero-order chi connectivity index (χ0) is 15.0. The van der Waals surface area contributed by atoms with Crippen LogP contribution in [-0.2, 0) is 0 Å². The van der Waals surface area contributed by atoms with Crippen molar-refractivity contribution in [2.45, 2.75) is 0 Å². The molecular formula is C17H9Br2ClO. The lowest BCUT2D eigenvalue weighted by Crippen LogP contribution is -2.03. The summed E-state index contributed by atoms with van der Waals surface area (Å²) in [5.74, 6) is -0.0787. The summed E-state index contributed by atoms with van der Waals surface area (Å²) in [6, 6.07) is 16.9. The average molecular weight is 425 g/mol. The zero-order valence-electron chi connectivity index (χ0n) is 10.7. The van der Waals surface area contributed by atoms with Crippen LogP contribution < -0.4 is 0 Å². The van der Waals surface area contributed by atoms with Crippen LogP contribution in [0.2, 0.25) is 5.02 Å². The second kappa shape index (κ2) is 5.91. The van der Waals surface area contributed by atoms with Gasteiger partial charge in [-0.05, 0) is 51.0 Å². The minimum Gasteiger partial charge on any atom is -0.289 e. The topological polar surface area (TPSA) is 17.1 Å². The van der Waals surface area contributed by atoms with Gasteiger partial charge in [-0.25, -0.2) is 0 Å². The van der Waals surface area contributed by atoms with Crippen molar-refractivity contribution >= 4 is 60.0 Å². The van der Waals surface area contributed by atoms with Crippen molar-refractivity contribution < 1.29 is 4.79 Å². The molecule has 0 radical (unpaired) electrons. The van der Waals surface area contributed by atoms with Crippen LogP contribution in [0.1, 0.15) is 15.9 Å². The number of benzene rings is 3. The first-order valence-electron chi connectivity index (χ1n) is 6.25. The van der Waals surface area contributed by atoms with Crippen molar-refractivity contribution in [3.63, 3.8) is 0 Å². The van der Waals surface area contributed by atoms with Gasteiger partial charge in [-0.15, -0.1) is 0 Å². The molecule has 0 aromatic heterocycles. The summed E-state index contributed by atoms with van der Waals surface area (Å²) in [7, 11) is 0. The summed E-state index contributed by atoms with van der Waals surface area (Å²) in [5.41, 5.74) is 1.15. The molecule has 0 fully saturated rings. The highest BCUT2D eigenvalue weighted by atomic mass is 79.9. The number of ketones is 1. The Balaban J connectivity index is 2.23. The smallest absolute Gasteiger partial charge is 0.195 e. The molecule has 0 saturated carbocycles. The highest BCUT2D eigenvalue weighted by molar-refractivity contribution is 9.11. The quantitative estimate of drug-likeness (QED) is 0.445. The van der Waals surface area contributed by atoms with Gasteiger partial charge in [0.05, 0.1) is 5.02 Å². The molecule has 21 heavy (non-hydrogen) atoms. The second-order valence-electron chi connectivity index (χ2n) is 4.57. The second-order valence-corrected chi connectivity index (χ2v) is 6.66. The van der Waals surface area contributed by atoms with Gasteiger partial charge in [0.1, 0.15) is 0 Å².